The van der Waals surface area contributed by atoms with E-state index in [1.165, 1.54) is 6.07 Å². The van der Waals surface area contributed by atoms with Gasteiger partial charge in [-0.05, 0) is 37.1 Å². The second-order valence-corrected chi connectivity index (χ2v) is 8.53. The number of carboxylic acids is 1. The van der Waals surface area contributed by atoms with Gasteiger partial charge >= 0.3 is 5.97 Å². The summed E-state index contributed by atoms with van der Waals surface area (Å²) in [4.78, 5) is 16.4. The normalized spacial score (nSPS) is 17.2. The molecule has 1 aliphatic rings. The minimum atomic E-state index is -3.87. The number of hydrogen-bond donors (Lipinski definition) is 2. The van der Waals surface area contributed by atoms with Gasteiger partial charge in [0.1, 0.15) is 9.75 Å². The highest BCUT2D eigenvalue weighted by atomic mass is 32.2. The highest BCUT2D eigenvalue weighted by Crippen LogP contribution is 2.34. The second-order valence-electron chi connectivity index (χ2n) is 5.53. The number of sulfonamides is 1. The van der Waals surface area contributed by atoms with E-state index in [2.05, 4.69) is 9.71 Å². The molecule has 2 aromatic rings. The molecule has 0 unspecified atom stereocenters. The fraction of sp³-hybridized carbons (Fsp3) is 0.333. The van der Waals surface area contributed by atoms with Gasteiger partial charge in [0.15, 0.2) is 0 Å². The Hall–Kier alpha value is -1.77. The molecule has 0 radical (unpaired) electrons. The molecule has 8 heteroatoms. The summed E-state index contributed by atoms with van der Waals surface area (Å²) in [5, 5.41) is 9.42. The molecule has 23 heavy (non-hydrogen) atoms. The maximum absolute atomic E-state index is 12.6. The van der Waals surface area contributed by atoms with Crippen LogP contribution in [0.2, 0.25) is 0 Å². The monoisotopic (exact) mass is 352 g/mol. The lowest BCUT2D eigenvalue weighted by molar-refractivity contribution is -0.143. The van der Waals surface area contributed by atoms with E-state index in [0.717, 1.165) is 16.2 Å². The first-order valence-electron chi connectivity index (χ1n) is 7.22. The molecule has 1 saturated carbocycles. The third-order valence-corrected chi connectivity index (χ3v) is 7.10. The van der Waals surface area contributed by atoms with Crippen LogP contribution in [0.25, 0.3) is 10.6 Å². The number of pyridine rings is 1. The van der Waals surface area contributed by atoms with Gasteiger partial charge in [0.05, 0.1) is 10.6 Å². The quantitative estimate of drug-likeness (QED) is 0.862. The van der Waals surface area contributed by atoms with Crippen molar-refractivity contribution in [1.29, 1.82) is 0 Å². The molecule has 3 rings (SSSR count). The first kappa shape index (κ1) is 16.1. The average Bonchev–Trinajstić information content (AvgIpc) is 3.17. The molecule has 0 saturated heterocycles. The Labute approximate surface area is 138 Å². The van der Waals surface area contributed by atoms with E-state index in [0.29, 0.717) is 31.4 Å². The van der Waals surface area contributed by atoms with Gasteiger partial charge < -0.3 is 5.11 Å². The Balaban J connectivity index is 1.89. The summed E-state index contributed by atoms with van der Waals surface area (Å²) in [6.45, 7) is 0. The molecule has 0 bridgehead atoms. The zero-order valence-electron chi connectivity index (χ0n) is 12.2. The minimum Gasteiger partial charge on any atom is -0.480 e. The Morgan fingerprint density at radius 1 is 1.22 bits per heavy atom. The molecule has 0 spiro atoms. The number of nitrogens with zero attached hydrogens (tertiary/aromatic N) is 1. The van der Waals surface area contributed by atoms with Crippen molar-refractivity contribution in [3.63, 3.8) is 0 Å². The molecule has 0 atom stereocenters. The van der Waals surface area contributed by atoms with Crippen LogP contribution in [0, 0.1) is 0 Å². The lowest BCUT2D eigenvalue weighted by atomic mass is 10.0. The number of carboxylic acid groups (broad SMARTS) is 1. The summed E-state index contributed by atoms with van der Waals surface area (Å²) in [5.74, 6) is -1.11. The molecule has 0 aromatic carbocycles. The topological polar surface area (TPSA) is 96.4 Å². The van der Waals surface area contributed by atoms with Crippen molar-refractivity contribution < 1.29 is 18.3 Å². The number of hydrogen-bond acceptors (Lipinski definition) is 5. The van der Waals surface area contributed by atoms with E-state index < -0.39 is 21.5 Å². The van der Waals surface area contributed by atoms with Crippen LogP contribution in [0.15, 0.2) is 40.7 Å². The first-order valence-corrected chi connectivity index (χ1v) is 9.52. The van der Waals surface area contributed by atoms with Gasteiger partial charge in [0.25, 0.3) is 10.0 Å². The predicted molar refractivity (Wildman–Crippen MR) is 86.7 cm³/mol. The van der Waals surface area contributed by atoms with Gasteiger partial charge in [-0.1, -0.05) is 18.9 Å². The second kappa shape index (κ2) is 6.03. The van der Waals surface area contributed by atoms with E-state index >= 15 is 0 Å². The number of aromatic nitrogens is 1. The molecule has 1 fully saturated rings. The molecule has 0 aliphatic heterocycles. The van der Waals surface area contributed by atoms with E-state index in [1.54, 1.807) is 24.4 Å². The fourth-order valence-corrected chi connectivity index (χ4v) is 5.46. The van der Waals surface area contributed by atoms with Crippen molar-refractivity contribution in [2.45, 2.75) is 35.4 Å². The minimum absolute atomic E-state index is 0.102. The fourth-order valence-electron chi connectivity index (χ4n) is 2.76. The average molecular weight is 352 g/mol. The third kappa shape index (κ3) is 3.15. The van der Waals surface area contributed by atoms with E-state index in [9.17, 15) is 18.3 Å². The van der Waals surface area contributed by atoms with Crippen LogP contribution in [-0.2, 0) is 14.8 Å². The van der Waals surface area contributed by atoms with Crippen molar-refractivity contribution >= 4 is 27.3 Å². The summed E-state index contributed by atoms with van der Waals surface area (Å²) >= 11 is 1.08. The zero-order valence-corrected chi connectivity index (χ0v) is 13.9. The van der Waals surface area contributed by atoms with E-state index in [4.69, 9.17) is 0 Å². The van der Waals surface area contributed by atoms with Gasteiger partial charge in [0.2, 0.25) is 0 Å². The largest absolute Gasteiger partial charge is 0.480 e. The number of rotatable bonds is 5. The highest BCUT2D eigenvalue weighted by molar-refractivity contribution is 7.91. The van der Waals surface area contributed by atoms with Crippen molar-refractivity contribution in [3.8, 4) is 10.6 Å². The van der Waals surface area contributed by atoms with Crippen LogP contribution in [0.4, 0.5) is 0 Å². The summed E-state index contributed by atoms with van der Waals surface area (Å²) in [6, 6.07) is 8.58. The van der Waals surface area contributed by atoms with Crippen molar-refractivity contribution in [2.75, 3.05) is 0 Å². The summed E-state index contributed by atoms with van der Waals surface area (Å²) in [5.41, 5.74) is -0.693. The maximum atomic E-state index is 12.6. The summed E-state index contributed by atoms with van der Waals surface area (Å²) in [7, 11) is -3.87. The van der Waals surface area contributed by atoms with Crippen molar-refractivity contribution in [3.05, 3.63) is 36.5 Å². The Bertz CT molecular complexity index is 809. The number of carbonyl (C=O) groups is 1. The molecule has 122 valence electrons. The number of nitrogens with one attached hydrogen (secondary N) is 1. The highest BCUT2D eigenvalue weighted by Gasteiger charge is 2.45. The number of aliphatic carboxylic acids is 1. The lowest BCUT2D eigenvalue weighted by Crippen LogP contribution is -2.52. The predicted octanol–water partition coefficient (Wildman–Crippen LogP) is 2.49. The van der Waals surface area contributed by atoms with Crippen LogP contribution < -0.4 is 4.72 Å². The Morgan fingerprint density at radius 3 is 2.57 bits per heavy atom. The van der Waals surface area contributed by atoms with Gasteiger partial charge in [-0.15, -0.1) is 11.3 Å². The molecule has 0 amide bonds. The molecule has 1 aliphatic carbocycles. The van der Waals surface area contributed by atoms with Gasteiger partial charge in [-0.2, -0.15) is 4.72 Å². The molecule has 2 heterocycles. The number of thiophene rings is 1. The molecular weight excluding hydrogens is 336 g/mol. The molecular formula is C15H16N2O4S2. The lowest BCUT2D eigenvalue weighted by Gasteiger charge is -2.24. The molecule has 2 N–H and O–H groups in total. The van der Waals surface area contributed by atoms with Gasteiger partial charge in [-0.3, -0.25) is 9.78 Å². The third-order valence-electron chi connectivity index (χ3n) is 3.96. The van der Waals surface area contributed by atoms with Crippen LogP contribution in [-0.4, -0.2) is 30.0 Å². The van der Waals surface area contributed by atoms with Crippen LogP contribution in [0.5, 0.6) is 0 Å². The maximum Gasteiger partial charge on any atom is 0.324 e. The van der Waals surface area contributed by atoms with E-state index in [-0.39, 0.29) is 4.21 Å². The molecule has 2 aromatic heterocycles. The zero-order chi connectivity index (χ0) is 16.5. The standard InChI is InChI=1S/C15H16N2O4S2/c18-14(19)15(8-2-3-9-15)17-23(20,21)13-7-6-12(22-13)11-5-1-4-10-16-11/h1,4-7,10,17H,2-3,8-9H2,(H,18,19). The van der Waals surface area contributed by atoms with Gasteiger partial charge in [-0.25, -0.2) is 8.42 Å². The van der Waals surface area contributed by atoms with Crippen LogP contribution in [0.3, 0.4) is 0 Å². The smallest absolute Gasteiger partial charge is 0.324 e. The Kier molecular flexibility index (Phi) is 4.22. The summed E-state index contributed by atoms with van der Waals surface area (Å²) in [6.07, 6.45) is 3.69. The first-order chi connectivity index (χ1) is 10.9. The van der Waals surface area contributed by atoms with Crippen LogP contribution >= 0.6 is 11.3 Å². The van der Waals surface area contributed by atoms with Crippen molar-refractivity contribution in [1.82, 2.24) is 9.71 Å². The Morgan fingerprint density at radius 2 is 1.96 bits per heavy atom. The van der Waals surface area contributed by atoms with Crippen molar-refractivity contribution in [2.24, 2.45) is 0 Å². The van der Waals surface area contributed by atoms with Crippen LogP contribution in [0.1, 0.15) is 25.7 Å². The van der Waals surface area contributed by atoms with E-state index in [1.807, 2.05) is 6.07 Å². The molecule has 6 nitrogen and oxygen atoms in total. The SMILES string of the molecule is O=C(O)C1(NS(=O)(=O)c2ccc(-c3ccccn3)s2)CCCC1. The summed E-state index contributed by atoms with van der Waals surface area (Å²) < 4.78 is 27.6. The van der Waals surface area contributed by atoms with Gasteiger partial charge in [0, 0.05) is 6.20 Å².